The van der Waals surface area contributed by atoms with Crippen LogP contribution in [-0.2, 0) is 9.53 Å². The van der Waals surface area contributed by atoms with Gasteiger partial charge in [-0.3, -0.25) is 9.69 Å². The van der Waals surface area contributed by atoms with E-state index in [1.807, 2.05) is 0 Å². The van der Waals surface area contributed by atoms with Crippen LogP contribution < -0.4 is 0 Å². The van der Waals surface area contributed by atoms with Crippen LogP contribution in [-0.4, -0.2) is 79.6 Å². The SMILES string of the molecule is COC(=O)N1CC(CC(=O)N(C)C)(N2CCC(C[C@@H]3CC3c3ccccc3)CC2)C1. The molecule has 1 aromatic carbocycles. The Balaban J connectivity index is 1.31. The summed E-state index contributed by atoms with van der Waals surface area (Å²) in [6.07, 6.45) is 5.21. The van der Waals surface area contributed by atoms with Gasteiger partial charge < -0.3 is 14.5 Å². The van der Waals surface area contributed by atoms with Crippen molar-refractivity contribution in [2.45, 2.75) is 43.6 Å². The minimum Gasteiger partial charge on any atom is -0.453 e. The lowest BCUT2D eigenvalue weighted by molar-refractivity contribution is -0.137. The van der Waals surface area contributed by atoms with Gasteiger partial charge in [0.15, 0.2) is 0 Å². The molecule has 0 aromatic heterocycles. The molecule has 2 heterocycles. The number of ether oxygens (including phenoxy) is 1. The topological polar surface area (TPSA) is 53.1 Å². The molecule has 4 rings (SSSR count). The number of hydrogen-bond donors (Lipinski definition) is 0. The zero-order chi connectivity index (χ0) is 21.3. The number of benzene rings is 1. The number of carbonyl (C=O) groups excluding carboxylic acids is 2. The van der Waals surface area contributed by atoms with Gasteiger partial charge in [-0.2, -0.15) is 0 Å². The highest BCUT2D eigenvalue weighted by Gasteiger charge is 2.52. The van der Waals surface area contributed by atoms with Crippen LogP contribution in [0.15, 0.2) is 30.3 Å². The Labute approximate surface area is 180 Å². The molecule has 1 unspecified atom stereocenters. The zero-order valence-electron chi connectivity index (χ0n) is 18.5. The lowest BCUT2D eigenvalue weighted by atomic mass is 9.80. The lowest BCUT2D eigenvalue weighted by Gasteiger charge is -2.56. The second-order valence-corrected chi connectivity index (χ2v) is 9.69. The van der Waals surface area contributed by atoms with E-state index in [-0.39, 0.29) is 17.5 Å². The van der Waals surface area contributed by atoms with Crippen LogP contribution in [0.5, 0.6) is 0 Å². The van der Waals surface area contributed by atoms with Gasteiger partial charge >= 0.3 is 6.09 Å². The van der Waals surface area contributed by atoms with Crippen LogP contribution in [0.25, 0.3) is 0 Å². The number of methoxy groups -OCH3 is 1. The van der Waals surface area contributed by atoms with Crippen LogP contribution in [0.3, 0.4) is 0 Å². The van der Waals surface area contributed by atoms with Crippen molar-refractivity contribution in [3.8, 4) is 0 Å². The molecule has 0 radical (unpaired) electrons. The number of nitrogens with zero attached hydrogens (tertiary/aromatic N) is 3. The smallest absolute Gasteiger partial charge is 0.409 e. The average molecular weight is 414 g/mol. The third-order valence-electron chi connectivity index (χ3n) is 7.45. The first-order chi connectivity index (χ1) is 14.4. The molecule has 2 aliphatic heterocycles. The maximum atomic E-state index is 12.5. The normalized spacial score (nSPS) is 26.0. The van der Waals surface area contributed by atoms with Crippen molar-refractivity contribution in [2.75, 3.05) is 47.4 Å². The van der Waals surface area contributed by atoms with Crippen molar-refractivity contribution < 1.29 is 14.3 Å². The third-order valence-corrected chi connectivity index (χ3v) is 7.45. The number of amides is 2. The van der Waals surface area contributed by atoms with E-state index in [0.29, 0.717) is 19.5 Å². The van der Waals surface area contributed by atoms with Gasteiger partial charge in [0.2, 0.25) is 5.91 Å². The minimum atomic E-state index is -0.293. The van der Waals surface area contributed by atoms with Crippen molar-refractivity contribution in [1.29, 1.82) is 0 Å². The summed E-state index contributed by atoms with van der Waals surface area (Å²) < 4.78 is 4.87. The standard InChI is InChI=1S/C24H35N3O3/c1-25(2)22(28)15-24(16-26(17-24)23(29)30-3)27-11-9-18(10-12-27)13-20-14-21(20)19-7-5-4-6-8-19/h4-8,18,20-21H,9-17H2,1-3H3/t20-,21?/m1/s1. The molecule has 0 spiro atoms. The summed E-state index contributed by atoms with van der Waals surface area (Å²) in [6.45, 7) is 3.21. The van der Waals surface area contributed by atoms with Crippen molar-refractivity contribution in [1.82, 2.24) is 14.7 Å². The predicted molar refractivity (Wildman–Crippen MR) is 116 cm³/mol. The number of hydrogen-bond acceptors (Lipinski definition) is 4. The van der Waals surface area contributed by atoms with Crippen LogP contribution in [0, 0.1) is 11.8 Å². The molecule has 3 fully saturated rings. The minimum absolute atomic E-state index is 0.130. The van der Waals surface area contributed by atoms with Crippen LogP contribution >= 0.6 is 0 Å². The molecule has 0 N–H and O–H groups in total. The van der Waals surface area contributed by atoms with E-state index in [2.05, 4.69) is 35.2 Å². The number of likely N-dealkylation sites (tertiary alicyclic amines) is 2. The fourth-order valence-electron chi connectivity index (χ4n) is 5.47. The largest absolute Gasteiger partial charge is 0.453 e. The highest BCUT2D eigenvalue weighted by molar-refractivity contribution is 5.78. The van der Waals surface area contributed by atoms with E-state index in [4.69, 9.17) is 4.74 Å². The number of piperidine rings is 1. The molecule has 1 aliphatic carbocycles. The van der Waals surface area contributed by atoms with Gasteiger partial charge in [-0.05, 0) is 62.1 Å². The molecule has 3 aliphatic rings. The number of rotatable bonds is 6. The highest BCUT2D eigenvalue weighted by atomic mass is 16.5. The quantitative estimate of drug-likeness (QED) is 0.719. The fourth-order valence-corrected chi connectivity index (χ4v) is 5.47. The van der Waals surface area contributed by atoms with Gasteiger partial charge in [0.1, 0.15) is 0 Å². The Hall–Kier alpha value is -2.08. The summed E-state index contributed by atoms with van der Waals surface area (Å²) in [6, 6.07) is 10.9. The molecular formula is C24H35N3O3. The molecule has 1 aromatic rings. The molecule has 1 saturated carbocycles. The van der Waals surface area contributed by atoms with E-state index in [0.717, 1.165) is 30.8 Å². The molecule has 164 valence electrons. The number of carbonyl (C=O) groups is 2. The molecule has 30 heavy (non-hydrogen) atoms. The first-order valence-corrected chi connectivity index (χ1v) is 11.2. The van der Waals surface area contributed by atoms with Gasteiger partial charge in [0, 0.05) is 33.6 Å². The summed E-state index contributed by atoms with van der Waals surface area (Å²) in [5.74, 6) is 2.50. The molecule has 6 nitrogen and oxygen atoms in total. The summed E-state index contributed by atoms with van der Waals surface area (Å²) in [5.41, 5.74) is 1.27. The first-order valence-electron chi connectivity index (χ1n) is 11.2. The van der Waals surface area contributed by atoms with E-state index in [9.17, 15) is 9.59 Å². The molecular weight excluding hydrogens is 378 g/mol. The van der Waals surface area contributed by atoms with Crippen LogP contribution in [0.1, 0.15) is 43.6 Å². The van der Waals surface area contributed by atoms with Gasteiger partial charge in [-0.15, -0.1) is 0 Å². The van der Waals surface area contributed by atoms with Crippen molar-refractivity contribution in [3.05, 3.63) is 35.9 Å². The molecule has 6 heteroatoms. The van der Waals surface area contributed by atoms with Gasteiger partial charge in [0.05, 0.1) is 12.6 Å². The Morgan fingerprint density at radius 3 is 2.40 bits per heavy atom. The van der Waals surface area contributed by atoms with E-state index < -0.39 is 0 Å². The summed E-state index contributed by atoms with van der Waals surface area (Å²) in [7, 11) is 5.02. The van der Waals surface area contributed by atoms with Crippen LogP contribution in [0.2, 0.25) is 0 Å². The molecule has 2 atom stereocenters. The Kier molecular flexibility index (Phi) is 6.05. The molecule has 2 saturated heterocycles. The predicted octanol–water partition coefficient (Wildman–Crippen LogP) is 3.19. The summed E-state index contributed by atoms with van der Waals surface area (Å²) in [4.78, 5) is 30.2. The molecule has 2 amide bonds. The highest BCUT2D eigenvalue weighted by Crippen LogP contribution is 2.52. The van der Waals surface area contributed by atoms with E-state index >= 15 is 0 Å². The van der Waals surface area contributed by atoms with Gasteiger partial charge in [-0.1, -0.05) is 30.3 Å². The lowest BCUT2D eigenvalue weighted by Crippen LogP contribution is -2.73. The molecule has 0 bridgehead atoms. The first kappa shape index (κ1) is 21.2. The zero-order valence-corrected chi connectivity index (χ0v) is 18.5. The van der Waals surface area contributed by atoms with Crippen molar-refractivity contribution in [3.63, 3.8) is 0 Å². The second kappa shape index (κ2) is 8.58. The van der Waals surface area contributed by atoms with Crippen molar-refractivity contribution >= 4 is 12.0 Å². The average Bonchev–Trinajstić information content (AvgIpc) is 3.50. The fraction of sp³-hybridized carbons (Fsp3) is 0.667. The third kappa shape index (κ3) is 4.34. The van der Waals surface area contributed by atoms with Gasteiger partial charge in [-0.25, -0.2) is 4.79 Å². The van der Waals surface area contributed by atoms with E-state index in [1.54, 1.807) is 23.9 Å². The summed E-state index contributed by atoms with van der Waals surface area (Å²) in [5, 5.41) is 0. The van der Waals surface area contributed by atoms with Crippen molar-refractivity contribution in [2.24, 2.45) is 11.8 Å². The summed E-state index contributed by atoms with van der Waals surface area (Å²) >= 11 is 0. The second-order valence-electron chi connectivity index (χ2n) is 9.69. The van der Waals surface area contributed by atoms with E-state index in [1.165, 1.54) is 38.4 Å². The monoisotopic (exact) mass is 413 g/mol. The van der Waals surface area contributed by atoms with Crippen LogP contribution in [0.4, 0.5) is 4.79 Å². The Bertz CT molecular complexity index is 752. The Morgan fingerprint density at radius 2 is 1.80 bits per heavy atom. The Morgan fingerprint density at radius 1 is 1.13 bits per heavy atom. The maximum Gasteiger partial charge on any atom is 0.409 e. The van der Waals surface area contributed by atoms with Gasteiger partial charge in [0.25, 0.3) is 0 Å². The maximum absolute atomic E-state index is 12.5.